The van der Waals surface area contributed by atoms with Crippen LogP contribution in [0.5, 0.6) is 11.5 Å². The number of nitrogens with one attached hydrogen (secondary N) is 2. The van der Waals surface area contributed by atoms with Gasteiger partial charge in [-0.05, 0) is 124 Å². The van der Waals surface area contributed by atoms with Crippen LogP contribution in [0.2, 0.25) is 0 Å². The van der Waals surface area contributed by atoms with Crippen LogP contribution in [0.25, 0.3) is 21.8 Å². The van der Waals surface area contributed by atoms with Crippen molar-refractivity contribution in [2.45, 2.75) is 82.5 Å². The number of hydrogen-bond acceptors (Lipinski definition) is 11. The number of anilines is 2. The Morgan fingerprint density at radius 2 is 1.84 bits per heavy atom. The van der Waals surface area contributed by atoms with E-state index in [9.17, 15) is 19.6 Å². The van der Waals surface area contributed by atoms with Gasteiger partial charge in [0.05, 0.1) is 28.4 Å². The molecule has 3 unspecified atom stereocenters. The predicted molar refractivity (Wildman–Crippen MR) is 230 cm³/mol. The Bertz CT molecular complexity index is 2690. The average Bonchev–Trinajstić information content (AvgIpc) is 3.56. The number of nitrogens with zero attached hydrogens (tertiary/aromatic N) is 8. The molecule has 2 aromatic heterocycles. The molecule has 3 amide bonds. The summed E-state index contributed by atoms with van der Waals surface area (Å²) in [6, 6.07) is 11.8. The summed E-state index contributed by atoms with van der Waals surface area (Å²) in [5.74, 6) is -1.59. The molecule has 2 saturated carbocycles. The third-order valence-electron chi connectivity index (χ3n) is 13.4. The zero-order valence-electron chi connectivity index (χ0n) is 34.7. The Balaban J connectivity index is 0.824. The van der Waals surface area contributed by atoms with Crippen LogP contribution in [0.3, 0.4) is 0 Å². The summed E-state index contributed by atoms with van der Waals surface area (Å²) in [6.45, 7) is 4.36. The van der Waals surface area contributed by atoms with Crippen LogP contribution in [0, 0.1) is 28.4 Å². The molecule has 0 radical (unpaired) electrons. The third-order valence-corrected chi connectivity index (χ3v) is 14.3. The maximum atomic E-state index is 16.1. The van der Waals surface area contributed by atoms with Crippen LogP contribution in [-0.4, -0.2) is 85.9 Å². The maximum Gasteiger partial charge on any atom is 0.329 e. The number of rotatable bonds is 10. The van der Waals surface area contributed by atoms with Gasteiger partial charge in [-0.25, -0.2) is 27.3 Å². The second kappa shape index (κ2) is 16.6. The Morgan fingerprint density at radius 1 is 1.05 bits per heavy atom. The van der Waals surface area contributed by atoms with Gasteiger partial charge in [-0.3, -0.25) is 34.0 Å². The number of benzene rings is 3. The lowest BCUT2D eigenvalue weighted by atomic mass is 9.60. The monoisotopic (exact) mass is 868 g/mol. The van der Waals surface area contributed by atoms with Crippen LogP contribution >= 0.6 is 12.1 Å². The summed E-state index contributed by atoms with van der Waals surface area (Å²) >= 11 is 1.27. The average molecular weight is 869 g/mol. The number of urea groups is 1. The Hall–Kier alpha value is -5.64. The molecular weight excluding hydrogens is 822 g/mol. The van der Waals surface area contributed by atoms with Crippen molar-refractivity contribution in [3.8, 4) is 17.6 Å². The molecule has 0 bridgehead atoms. The van der Waals surface area contributed by atoms with E-state index in [2.05, 4.69) is 25.0 Å². The highest BCUT2D eigenvalue weighted by Crippen LogP contribution is 2.55. The Kier molecular flexibility index (Phi) is 11.1. The fourth-order valence-corrected chi connectivity index (χ4v) is 10.4. The minimum absolute atomic E-state index is 0.00365. The number of carbonyl (C=O) groups is 2. The summed E-state index contributed by atoms with van der Waals surface area (Å²) in [7, 11) is 3.60. The second-order valence-electron chi connectivity index (χ2n) is 17.1. The predicted octanol–water partition coefficient (Wildman–Crippen LogP) is 7.69. The van der Waals surface area contributed by atoms with Gasteiger partial charge in [-0.15, -0.1) is 0 Å². The number of hydrogen-bond donors (Lipinski definition) is 2. The highest BCUT2D eigenvalue weighted by atomic mass is 32.2. The first-order valence-electron chi connectivity index (χ1n) is 21.1. The molecular formula is C44H47F3N10O4S. The molecule has 2 saturated heterocycles. The summed E-state index contributed by atoms with van der Waals surface area (Å²) in [5, 5.41) is 17.5. The standard InChI is InChI=1S/C44H47F3N10O4S/c1-4-53(2)62-52-36-9-7-32(45)40(31(36)23-48)61-27-6-8-35-29(18-27)42(59)57(24-49-35)26-21-44(22-26)12-15-55(16-13-44)37-10-5-25(17-34(37)47)28-20-38-30(19-33(28)46)41(51-54(38)3)56-14-11-39(58)50-43(56)60/h6-9,18-20,24-26,34,37,52H,4-5,10-17,21-22H2,1-3H3,(H,50,58,60). The number of likely N-dealkylation sites (tertiary alicyclic amines) is 1. The normalized spacial score (nSPS) is 22.0. The first-order valence-corrected chi connectivity index (χ1v) is 21.8. The van der Waals surface area contributed by atoms with Gasteiger partial charge in [0.1, 0.15) is 29.4 Å². The molecule has 3 atom stereocenters. The van der Waals surface area contributed by atoms with Crippen molar-refractivity contribution in [1.29, 1.82) is 5.26 Å². The fourth-order valence-electron chi connectivity index (χ4n) is 9.82. The molecule has 1 spiro atoms. The van der Waals surface area contributed by atoms with E-state index in [-0.39, 0.29) is 77.1 Å². The SMILES string of the molecule is CCN(C)SNc1ccc(F)c(Oc2ccc3ncn(C4CC5(CCN(C6CCC(c7cc8c(cc7F)c(N7CCC(=O)NC7=O)nn8C)CC6F)CC5)C4)c(=O)c3c2)c1C#N. The minimum atomic E-state index is -1.13. The number of ether oxygens (including phenoxy) is 1. The number of nitriles is 1. The molecule has 4 fully saturated rings. The van der Waals surface area contributed by atoms with Crippen molar-refractivity contribution >= 4 is 57.4 Å². The molecule has 324 valence electrons. The van der Waals surface area contributed by atoms with E-state index in [1.54, 1.807) is 46.9 Å². The van der Waals surface area contributed by atoms with E-state index < -0.39 is 23.8 Å². The molecule has 2 aliphatic heterocycles. The molecule has 62 heavy (non-hydrogen) atoms. The molecule has 14 nitrogen and oxygen atoms in total. The highest BCUT2D eigenvalue weighted by Gasteiger charge is 2.48. The summed E-state index contributed by atoms with van der Waals surface area (Å²) in [6.07, 6.45) is 5.39. The number of imide groups is 1. The van der Waals surface area contributed by atoms with Crippen molar-refractivity contribution in [1.82, 2.24) is 33.9 Å². The van der Waals surface area contributed by atoms with Crippen LogP contribution in [-0.2, 0) is 11.8 Å². The number of halogens is 3. The van der Waals surface area contributed by atoms with Crippen molar-refractivity contribution in [3.05, 3.63) is 81.9 Å². The smallest absolute Gasteiger partial charge is 0.329 e. The van der Waals surface area contributed by atoms with Crippen molar-refractivity contribution in [2.75, 3.05) is 42.8 Å². The molecule has 2 aliphatic carbocycles. The maximum absolute atomic E-state index is 16.1. The van der Waals surface area contributed by atoms with Gasteiger partial charge in [0.25, 0.3) is 5.56 Å². The number of alkyl halides is 1. The highest BCUT2D eigenvalue weighted by molar-refractivity contribution is 7.98. The number of fused-ring (bicyclic) bond motifs is 2. The molecule has 4 heterocycles. The molecule has 18 heteroatoms. The van der Waals surface area contributed by atoms with Crippen LogP contribution in [0.1, 0.15) is 81.4 Å². The van der Waals surface area contributed by atoms with E-state index in [0.717, 1.165) is 45.3 Å². The van der Waals surface area contributed by atoms with Gasteiger partial charge < -0.3 is 9.46 Å². The third kappa shape index (κ3) is 7.64. The van der Waals surface area contributed by atoms with Gasteiger partial charge in [0.15, 0.2) is 17.4 Å². The number of aromatic nitrogens is 4. The lowest BCUT2D eigenvalue weighted by molar-refractivity contribution is -0.120. The Morgan fingerprint density at radius 3 is 2.56 bits per heavy atom. The fraction of sp³-hybridized carbons (Fsp3) is 0.455. The van der Waals surface area contributed by atoms with E-state index >= 15 is 13.2 Å². The lowest BCUT2D eigenvalue weighted by Gasteiger charge is -2.54. The van der Waals surface area contributed by atoms with E-state index in [1.807, 2.05) is 24.3 Å². The summed E-state index contributed by atoms with van der Waals surface area (Å²) in [4.78, 5) is 46.2. The summed E-state index contributed by atoms with van der Waals surface area (Å²) in [5.41, 5.74) is 1.78. The molecule has 5 aromatic rings. The van der Waals surface area contributed by atoms with Gasteiger partial charge in [-0.2, -0.15) is 10.4 Å². The topological polar surface area (TPSA) is 154 Å². The molecule has 2 N–H and O–H groups in total. The van der Waals surface area contributed by atoms with E-state index in [4.69, 9.17) is 4.74 Å². The summed E-state index contributed by atoms with van der Waals surface area (Å²) < 4.78 is 61.1. The molecule has 9 rings (SSSR count). The van der Waals surface area contributed by atoms with Crippen molar-refractivity contribution in [3.63, 3.8) is 0 Å². The van der Waals surface area contributed by atoms with E-state index in [0.29, 0.717) is 45.9 Å². The first kappa shape index (κ1) is 41.7. The van der Waals surface area contributed by atoms with Gasteiger partial charge in [0.2, 0.25) is 5.91 Å². The van der Waals surface area contributed by atoms with E-state index in [1.165, 1.54) is 35.2 Å². The van der Waals surface area contributed by atoms with Crippen molar-refractivity contribution < 1.29 is 27.5 Å². The number of amides is 3. The lowest BCUT2D eigenvalue weighted by Crippen LogP contribution is -2.54. The van der Waals surface area contributed by atoms with Gasteiger partial charge in [0, 0.05) is 56.2 Å². The van der Waals surface area contributed by atoms with Crippen LogP contribution in [0.4, 0.5) is 29.5 Å². The van der Waals surface area contributed by atoms with Gasteiger partial charge >= 0.3 is 6.03 Å². The molecule has 3 aromatic carbocycles. The van der Waals surface area contributed by atoms with Crippen LogP contribution in [0.15, 0.2) is 53.6 Å². The first-order chi connectivity index (χ1) is 29.8. The number of piperidine rings is 1. The van der Waals surface area contributed by atoms with Crippen molar-refractivity contribution in [2.24, 2.45) is 12.5 Å². The number of carbonyl (C=O) groups excluding carboxylic acids is 2. The minimum Gasteiger partial charge on any atom is -0.453 e. The van der Waals surface area contributed by atoms with Gasteiger partial charge in [-0.1, -0.05) is 6.92 Å². The second-order valence-corrected chi connectivity index (χ2v) is 18.1. The number of aryl methyl sites for hydroxylation is 1. The quantitative estimate of drug-likeness (QED) is 0.133. The Labute approximate surface area is 360 Å². The zero-order valence-corrected chi connectivity index (χ0v) is 35.5. The zero-order chi connectivity index (χ0) is 43.4. The molecule has 4 aliphatic rings. The van der Waals surface area contributed by atoms with Crippen LogP contribution < -0.4 is 25.2 Å². The largest absolute Gasteiger partial charge is 0.453 e.